The number of nitrogens with two attached hydrogens (primary N) is 1. The number of aromatic nitrogens is 2. The Labute approximate surface area is 111 Å². The predicted octanol–water partition coefficient (Wildman–Crippen LogP) is 2.93. The summed E-state index contributed by atoms with van der Waals surface area (Å²) in [7, 11) is 0. The minimum atomic E-state index is 0.381. The summed E-state index contributed by atoms with van der Waals surface area (Å²) in [6.07, 6.45) is 3.52. The van der Waals surface area contributed by atoms with E-state index in [4.69, 9.17) is 17.3 Å². The zero-order valence-corrected chi connectivity index (χ0v) is 11.4. The smallest absolute Gasteiger partial charge is 0.221 e. The minimum Gasteiger partial charge on any atom is -0.368 e. The third kappa shape index (κ3) is 2.54. The highest BCUT2D eigenvalue weighted by Crippen LogP contribution is 2.21. The molecule has 0 bridgehead atoms. The lowest BCUT2D eigenvalue weighted by Gasteiger charge is -2.04. The molecule has 0 unspecified atom stereocenters. The first-order valence-corrected chi connectivity index (χ1v) is 5.97. The van der Waals surface area contributed by atoms with Gasteiger partial charge in [0, 0.05) is 5.02 Å². The molecule has 0 spiro atoms. The van der Waals surface area contributed by atoms with Crippen LogP contribution < -0.4 is 5.73 Å². The first-order valence-electron chi connectivity index (χ1n) is 5.60. The molecule has 4 nitrogen and oxygen atoms in total. The van der Waals surface area contributed by atoms with Crippen molar-refractivity contribution in [2.45, 2.75) is 20.8 Å². The average molecular weight is 263 g/mol. The van der Waals surface area contributed by atoms with Crippen LogP contribution in [0.15, 0.2) is 23.4 Å². The van der Waals surface area contributed by atoms with E-state index in [-0.39, 0.29) is 0 Å². The van der Waals surface area contributed by atoms with Crippen molar-refractivity contribution in [2.75, 3.05) is 5.73 Å². The van der Waals surface area contributed by atoms with E-state index < -0.39 is 0 Å². The summed E-state index contributed by atoms with van der Waals surface area (Å²) in [6.45, 7) is 5.82. The van der Waals surface area contributed by atoms with Crippen LogP contribution in [0, 0.1) is 20.8 Å². The molecule has 0 atom stereocenters. The number of anilines is 1. The quantitative estimate of drug-likeness (QED) is 0.846. The maximum atomic E-state index is 6.12. The number of nitrogens with zero attached hydrogens (tertiary/aromatic N) is 3. The highest BCUT2D eigenvalue weighted by molar-refractivity contribution is 6.32. The van der Waals surface area contributed by atoms with Gasteiger partial charge in [0.2, 0.25) is 5.95 Å². The molecule has 0 saturated carbocycles. The van der Waals surface area contributed by atoms with Gasteiger partial charge < -0.3 is 5.73 Å². The Hall–Kier alpha value is -1.81. The Morgan fingerprint density at radius 1 is 1.28 bits per heavy atom. The van der Waals surface area contributed by atoms with Crippen LogP contribution in [-0.4, -0.2) is 15.9 Å². The molecule has 0 saturated heterocycles. The van der Waals surface area contributed by atoms with Crippen LogP contribution in [-0.2, 0) is 0 Å². The lowest BCUT2D eigenvalue weighted by molar-refractivity contribution is 0.897. The molecule has 1 heterocycles. The van der Waals surface area contributed by atoms with Crippen molar-refractivity contribution in [3.8, 4) is 0 Å². The number of hydrogen-bond acceptors (Lipinski definition) is 3. The SMILES string of the molecule is Cc1cn(N=Cc2cc(C)c(Cl)c(C)c2)c(N)n1. The molecule has 0 aliphatic rings. The van der Waals surface area contributed by atoms with E-state index in [2.05, 4.69) is 10.1 Å². The van der Waals surface area contributed by atoms with E-state index in [0.29, 0.717) is 5.95 Å². The predicted molar refractivity (Wildman–Crippen MR) is 75.3 cm³/mol. The fourth-order valence-electron chi connectivity index (χ4n) is 1.78. The van der Waals surface area contributed by atoms with E-state index in [9.17, 15) is 0 Å². The zero-order chi connectivity index (χ0) is 13.3. The van der Waals surface area contributed by atoms with Crippen molar-refractivity contribution in [2.24, 2.45) is 5.10 Å². The summed E-state index contributed by atoms with van der Waals surface area (Å²) in [6, 6.07) is 3.97. The third-order valence-electron chi connectivity index (χ3n) is 2.62. The van der Waals surface area contributed by atoms with Gasteiger partial charge in [-0.05, 0) is 49.6 Å². The normalized spacial score (nSPS) is 11.3. The molecular weight excluding hydrogens is 248 g/mol. The van der Waals surface area contributed by atoms with Crippen molar-refractivity contribution < 1.29 is 0 Å². The van der Waals surface area contributed by atoms with Crippen LogP contribution in [0.5, 0.6) is 0 Å². The number of benzene rings is 1. The van der Waals surface area contributed by atoms with E-state index >= 15 is 0 Å². The molecular formula is C13H15ClN4. The standard InChI is InChI=1S/C13H15ClN4/c1-8-4-11(5-9(2)12(8)14)6-16-18-7-10(3)17-13(18)15/h4-7H,1-3H3,(H2,15,17). The highest BCUT2D eigenvalue weighted by Gasteiger charge is 2.02. The Bertz CT molecular complexity index is 590. The van der Waals surface area contributed by atoms with Gasteiger partial charge in [-0.1, -0.05) is 11.6 Å². The molecule has 2 rings (SSSR count). The summed E-state index contributed by atoms with van der Waals surface area (Å²) < 4.78 is 1.55. The summed E-state index contributed by atoms with van der Waals surface area (Å²) >= 11 is 6.12. The molecule has 1 aromatic heterocycles. The monoisotopic (exact) mass is 262 g/mol. The second-order valence-electron chi connectivity index (χ2n) is 4.30. The Morgan fingerprint density at radius 2 is 1.89 bits per heavy atom. The van der Waals surface area contributed by atoms with Gasteiger partial charge in [-0.15, -0.1) is 0 Å². The van der Waals surface area contributed by atoms with Gasteiger partial charge in [0.05, 0.1) is 18.1 Å². The van der Waals surface area contributed by atoms with Gasteiger partial charge in [0.1, 0.15) is 0 Å². The van der Waals surface area contributed by atoms with Crippen LogP contribution in [0.3, 0.4) is 0 Å². The molecule has 0 fully saturated rings. The third-order valence-corrected chi connectivity index (χ3v) is 3.22. The number of imidazole rings is 1. The van der Waals surface area contributed by atoms with Crippen molar-refractivity contribution in [3.63, 3.8) is 0 Å². The summed E-state index contributed by atoms with van der Waals surface area (Å²) in [4.78, 5) is 4.08. The lowest BCUT2D eigenvalue weighted by Crippen LogP contribution is -1.97. The number of rotatable bonds is 2. The maximum absolute atomic E-state index is 6.12. The van der Waals surface area contributed by atoms with Crippen LogP contribution in [0.4, 0.5) is 5.95 Å². The van der Waals surface area contributed by atoms with Gasteiger partial charge in [-0.3, -0.25) is 0 Å². The Kier molecular flexibility index (Phi) is 3.39. The van der Waals surface area contributed by atoms with E-state index in [0.717, 1.165) is 27.4 Å². The topological polar surface area (TPSA) is 56.2 Å². The molecule has 94 valence electrons. The molecule has 0 aliphatic heterocycles. The molecule has 0 amide bonds. The first kappa shape index (κ1) is 12.6. The molecule has 2 aromatic rings. The van der Waals surface area contributed by atoms with E-state index in [1.807, 2.05) is 32.9 Å². The molecule has 2 N–H and O–H groups in total. The van der Waals surface area contributed by atoms with Gasteiger partial charge in [-0.2, -0.15) is 5.10 Å². The van der Waals surface area contributed by atoms with E-state index in [1.165, 1.54) is 0 Å². The average Bonchev–Trinajstić information content (AvgIpc) is 2.62. The van der Waals surface area contributed by atoms with Crippen LogP contribution in [0.2, 0.25) is 5.02 Å². The largest absolute Gasteiger partial charge is 0.368 e. The van der Waals surface area contributed by atoms with Crippen molar-refractivity contribution in [1.82, 2.24) is 9.66 Å². The number of hydrogen-bond donors (Lipinski definition) is 1. The number of nitrogen functional groups attached to an aromatic ring is 1. The van der Waals surface area contributed by atoms with E-state index in [1.54, 1.807) is 17.1 Å². The molecule has 5 heteroatoms. The zero-order valence-electron chi connectivity index (χ0n) is 10.6. The van der Waals surface area contributed by atoms with Gasteiger partial charge in [0.25, 0.3) is 0 Å². The molecule has 18 heavy (non-hydrogen) atoms. The summed E-state index contributed by atoms with van der Waals surface area (Å²) in [5, 5.41) is 5.07. The fourth-order valence-corrected chi connectivity index (χ4v) is 1.89. The molecule has 0 radical (unpaired) electrons. The van der Waals surface area contributed by atoms with Crippen molar-refractivity contribution in [1.29, 1.82) is 0 Å². The first-order chi connectivity index (χ1) is 8.47. The van der Waals surface area contributed by atoms with Crippen LogP contribution >= 0.6 is 11.6 Å². The summed E-state index contributed by atoms with van der Waals surface area (Å²) in [5.74, 6) is 0.381. The number of aryl methyl sites for hydroxylation is 3. The van der Waals surface area contributed by atoms with Gasteiger partial charge >= 0.3 is 0 Å². The van der Waals surface area contributed by atoms with Gasteiger partial charge in [-0.25, -0.2) is 9.66 Å². The maximum Gasteiger partial charge on any atom is 0.221 e. The fraction of sp³-hybridized carbons (Fsp3) is 0.231. The Morgan fingerprint density at radius 3 is 2.39 bits per heavy atom. The summed E-state index contributed by atoms with van der Waals surface area (Å²) in [5.41, 5.74) is 9.60. The van der Waals surface area contributed by atoms with Crippen LogP contribution in [0.1, 0.15) is 22.4 Å². The van der Waals surface area contributed by atoms with Crippen molar-refractivity contribution >= 4 is 23.8 Å². The van der Waals surface area contributed by atoms with Gasteiger partial charge in [0.15, 0.2) is 0 Å². The van der Waals surface area contributed by atoms with Crippen LogP contribution in [0.25, 0.3) is 0 Å². The highest BCUT2D eigenvalue weighted by atomic mass is 35.5. The lowest BCUT2D eigenvalue weighted by atomic mass is 10.1. The second-order valence-corrected chi connectivity index (χ2v) is 4.68. The second kappa shape index (κ2) is 4.82. The van der Waals surface area contributed by atoms with Crippen molar-refractivity contribution in [3.05, 3.63) is 45.7 Å². The molecule has 1 aromatic carbocycles. The number of halogens is 1. The minimum absolute atomic E-state index is 0.381. The Balaban J connectivity index is 2.32. The molecule has 0 aliphatic carbocycles.